The van der Waals surface area contributed by atoms with Gasteiger partial charge >= 0.3 is 11.9 Å². The van der Waals surface area contributed by atoms with Crippen LogP contribution in [0, 0.1) is 18.6 Å². The minimum atomic E-state index is -1.21. The average molecular weight is 410 g/mol. The number of rotatable bonds is 7. The number of carbonyl (C=O) groups is 4. The minimum absolute atomic E-state index is 0.0270. The maximum atomic E-state index is 13.5. The van der Waals surface area contributed by atoms with E-state index in [4.69, 9.17) is 14.9 Å². The topological polar surface area (TPSA) is 138 Å². The predicted octanol–water partition coefficient (Wildman–Crippen LogP) is 1.94. The Bertz CT molecular complexity index is 985. The van der Waals surface area contributed by atoms with Crippen molar-refractivity contribution in [3.63, 3.8) is 0 Å². The molecule has 1 aromatic heterocycles. The predicted molar refractivity (Wildman–Crippen MR) is 93.2 cm³/mol. The maximum Gasteiger partial charge on any atom is 0.342 e. The smallest absolute Gasteiger partial charge is 0.342 e. The van der Waals surface area contributed by atoms with Gasteiger partial charge in [-0.15, -0.1) is 0 Å². The Labute approximate surface area is 162 Å². The number of anilines is 1. The van der Waals surface area contributed by atoms with E-state index < -0.39 is 59.0 Å². The van der Waals surface area contributed by atoms with E-state index in [-0.39, 0.29) is 17.9 Å². The monoisotopic (exact) mass is 410 g/mol. The van der Waals surface area contributed by atoms with E-state index in [0.29, 0.717) is 6.07 Å². The van der Waals surface area contributed by atoms with Gasteiger partial charge in [0.2, 0.25) is 5.88 Å². The normalized spacial score (nSPS) is 10.3. The van der Waals surface area contributed by atoms with Gasteiger partial charge in [-0.05, 0) is 26.0 Å². The summed E-state index contributed by atoms with van der Waals surface area (Å²) in [5.74, 6) is -6.63. The second kappa shape index (κ2) is 8.95. The Morgan fingerprint density at radius 2 is 1.79 bits per heavy atom. The summed E-state index contributed by atoms with van der Waals surface area (Å²) in [7, 11) is 0. The fourth-order valence-corrected chi connectivity index (χ4v) is 2.34. The molecular weight excluding hydrogens is 394 g/mol. The molecular formula is C18H16F2N2O7. The number of halogens is 2. The molecule has 3 N–H and O–H groups in total. The number of ether oxygens (including phenoxy) is 2. The van der Waals surface area contributed by atoms with Crippen LogP contribution in [0.2, 0.25) is 0 Å². The molecule has 0 fully saturated rings. The highest BCUT2D eigenvalue weighted by atomic mass is 19.1. The maximum absolute atomic E-state index is 13.5. The zero-order valence-corrected chi connectivity index (χ0v) is 15.3. The van der Waals surface area contributed by atoms with Crippen molar-refractivity contribution in [2.45, 2.75) is 13.8 Å². The van der Waals surface area contributed by atoms with Crippen LogP contribution in [-0.2, 0) is 14.3 Å². The number of nitrogens with two attached hydrogens (primary N) is 1. The molecule has 1 heterocycles. The number of carbonyl (C=O) groups excluding carboxylic acids is 4. The molecule has 0 bridgehead atoms. The number of hydrogen-bond acceptors (Lipinski definition) is 7. The SMILES string of the molecule is CCOC(=O)c1c(C)oc(NC(=O)COC(=O)c2ccc(F)cc2F)c1C(N)=O. The number of furan rings is 1. The van der Waals surface area contributed by atoms with E-state index in [9.17, 15) is 28.0 Å². The second-order valence-electron chi connectivity index (χ2n) is 5.57. The molecule has 1 aromatic carbocycles. The highest BCUT2D eigenvalue weighted by Gasteiger charge is 2.29. The molecule has 2 rings (SSSR count). The number of amides is 2. The summed E-state index contributed by atoms with van der Waals surface area (Å²) in [6.07, 6.45) is 0. The molecule has 0 saturated heterocycles. The minimum Gasteiger partial charge on any atom is -0.462 e. The number of esters is 2. The first-order valence-corrected chi connectivity index (χ1v) is 8.18. The first-order chi connectivity index (χ1) is 13.6. The van der Waals surface area contributed by atoms with Gasteiger partial charge in [0.05, 0.1) is 12.2 Å². The molecule has 2 aromatic rings. The number of hydrogen-bond donors (Lipinski definition) is 2. The lowest BCUT2D eigenvalue weighted by Crippen LogP contribution is -2.24. The average Bonchev–Trinajstić information content (AvgIpc) is 2.96. The first kappa shape index (κ1) is 21.5. The van der Waals surface area contributed by atoms with Gasteiger partial charge in [-0.1, -0.05) is 0 Å². The second-order valence-corrected chi connectivity index (χ2v) is 5.57. The Morgan fingerprint density at radius 3 is 2.38 bits per heavy atom. The van der Waals surface area contributed by atoms with Crippen molar-refractivity contribution < 1.29 is 41.8 Å². The number of benzene rings is 1. The van der Waals surface area contributed by atoms with Crippen LogP contribution in [0.25, 0.3) is 0 Å². The van der Waals surface area contributed by atoms with E-state index in [1.807, 2.05) is 0 Å². The molecule has 154 valence electrons. The standard InChI is InChI=1S/C18H16F2N2O7/c1-3-27-18(26)13-8(2)29-16(14(13)15(21)24)22-12(23)7-28-17(25)10-5-4-9(19)6-11(10)20/h4-6H,3,7H2,1-2H3,(H2,21,24)(H,22,23). The molecule has 11 heteroatoms. The molecule has 9 nitrogen and oxygen atoms in total. The summed E-state index contributed by atoms with van der Waals surface area (Å²) in [5.41, 5.74) is 4.01. The Kier molecular flexibility index (Phi) is 6.65. The summed E-state index contributed by atoms with van der Waals surface area (Å²) in [6, 6.07) is 2.19. The van der Waals surface area contributed by atoms with Crippen molar-refractivity contribution in [2.75, 3.05) is 18.5 Å². The third-order valence-electron chi connectivity index (χ3n) is 3.55. The largest absolute Gasteiger partial charge is 0.462 e. The zero-order valence-electron chi connectivity index (χ0n) is 15.3. The Hall–Kier alpha value is -3.76. The van der Waals surface area contributed by atoms with Gasteiger partial charge < -0.3 is 19.6 Å². The lowest BCUT2D eigenvalue weighted by atomic mass is 10.1. The quantitative estimate of drug-likeness (QED) is 0.665. The van der Waals surface area contributed by atoms with E-state index in [2.05, 4.69) is 10.1 Å². The van der Waals surface area contributed by atoms with Gasteiger partial charge in [0.15, 0.2) is 6.61 Å². The summed E-state index contributed by atoms with van der Waals surface area (Å²) in [6.45, 7) is 2.05. The third-order valence-corrected chi connectivity index (χ3v) is 3.55. The van der Waals surface area contributed by atoms with Crippen LogP contribution in [0.3, 0.4) is 0 Å². The fourth-order valence-electron chi connectivity index (χ4n) is 2.34. The Morgan fingerprint density at radius 1 is 1.10 bits per heavy atom. The first-order valence-electron chi connectivity index (χ1n) is 8.18. The van der Waals surface area contributed by atoms with Gasteiger partial charge in [-0.2, -0.15) is 0 Å². The molecule has 0 aliphatic rings. The molecule has 0 aliphatic carbocycles. The molecule has 0 saturated carbocycles. The highest BCUT2D eigenvalue weighted by molar-refractivity contribution is 6.10. The summed E-state index contributed by atoms with van der Waals surface area (Å²) >= 11 is 0. The Balaban J connectivity index is 2.12. The van der Waals surface area contributed by atoms with Gasteiger partial charge in [-0.25, -0.2) is 18.4 Å². The van der Waals surface area contributed by atoms with Crippen LogP contribution in [0.4, 0.5) is 14.7 Å². The third kappa shape index (κ3) is 4.94. The van der Waals surface area contributed by atoms with Crippen LogP contribution < -0.4 is 11.1 Å². The van der Waals surface area contributed by atoms with Crippen LogP contribution in [-0.4, -0.2) is 37.0 Å². The zero-order chi connectivity index (χ0) is 21.7. The number of primary amides is 1. The number of aryl methyl sites for hydroxylation is 1. The van der Waals surface area contributed by atoms with Crippen molar-refractivity contribution in [3.8, 4) is 0 Å². The van der Waals surface area contributed by atoms with Crippen LogP contribution >= 0.6 is 0 Å². The van der Waals surface area contributed by atoms with Crippen molar-refractivity contribution in [3.05, 3.63) is 52.3 Å². The van der Waals surface area contributed by atoms with Crippen molar-refractivity contribution >= 4 is 29.6 Å². The fraction of sp³-hybridized carbons (Fsp3) is 0.222. The molecule has 2 amide bonds. The van der Waals surface area contributed by atoms with Crippen LogP contribution in [0.1, 0.15) is 43.8 Å². The van der Waals surface area contributed by atoms with E-state index >= 15 is 0 Å². The van der Waals surface area contributed by atoms with Gasteiger partial charge in [-0.3, -0.25) is 14.9 Å². The molecule has 0 spiro atoms. The molecule has 29 heavy (non-hydrogen) atoms. The van der Waals surface area contributed by atoms with Crippen molar-refractivity contribution in [1.82, 2.24) is 0 Å². The molecule has 0 aliphatic heterocycles. The molecule has 0 unspecified atom stereocenters. The lowest BCUT2D eigenvalue weighted by Gasteiger charge is -2.07. The summed E-state index contributed by atoms with van der Waals surface area (Å²) < 4.78 is 41.1. The van der Waals surface area contributed by atoms with E-state index in [1.165, 1.54) is 6.92 Å². The van der Waals surface area contributed by atoms with Gasteiger partial charge in [0.25, 0.3) is 11.8 Å². The highest BCUT2D eigenvalue weighted by Crippen LogP contribution is 2.27. The van der Waals surface area contributed by atoms with E-state index in [1.54, 1.807) is 6.92 Å². The summed E-state index contributed by atoms with van der Waals surface area (Å²) in [5, 5.41) is 2.14. The van der Waals surface area contributed by atoms with Crippen molar-refractivity contribution in [1.29, 1.82) is 0 Å². The summed E-state index contributed by atoms with van der Waals surface area (Å²) in [4.78, 5) is 47.5. The van der Waals surface area contributed by atoms with E-state index in [0.717, 1.165) is 12.1 Å². The molecule has 0 atom stereocenters. The van der Waals surface area contributed by atoms with Gasteiger partial charge in [0, 0.05) is 6.07 Å². The van der Waals surface area contributed by atoms with Crippen LogP contribution in [0.5, 0.6) is 0 Å². The number of nitrogens with one attached hydrogen (secondary N) is 1. The van der Waals surface area contributed by atoms with Crippen molar-refractivity contribution in [2.24, 2.45) is 5.73 Å². The molecule has 0 radical (unpaired) electrons. The van der Waals surface area contributed by atoms with Gasteiger partial charge in [0.1, 0.15) is 28.5 Å². The lowest BCUT2D eigenvalue weighted by molar-refractivity contribution is -0.119. The van der Waals surface area contributed by atoms with Crippen LogP contribution in [0.15, 0.2) is 22.6 Å².